The molecule has 0 spiro atoms. The second kappa shape index (κ2) is 3.93. The van der Waals surface area contributed by atoms with Crippen LogP contribution in [0.5, 0.6) is 0 Å². The summed E-state index contributed by atoms with van der Waals surface area (Å²) in [5.74, 6) is 0.527. The van der Waals surface area contributed by atoms with Crippen LogP contribution in [0.2, 0.25) is 0 Å². The van der Waals surface area contributed by atoms with Gasteiger partial charge in [0, 0.05) is 5.54 Å². The van der Waals surface area contributed by atoms with Crippen molar-refractivity contribution in [2.45, 2.75) is 32.2 Å². The molecule has 0 bridgehead atoms. The fraction of sp³-hybridized carbons (Fsp3) is 0.500. The van der Waals surface area contributed by atoms with Gasteiger partial charge < -0.3 is 5.32 Å². The van der Waals surface area contributed by atoms with Crippen LogP contribution >= 0.6 is 0 Å². The first-order valence-electron chi connectivity index (χ1n) is 4.82. The third-order valence-corrected chi connectivity index (χ3v) is 3.03. The largest absolute Gasteiger partial charge is 0.314 e. The smallest absolute Gasteiger partial charge is 0.0187 e. The van der Waals surface area contributed by atoms with Crippen molar-refractivity contribution in [3.05, 3.63) is 35.9 Å². The van der Waals surface area contributed by atoms with Gasteiger partial charge in [-0.1, -0.05) is 37.3 Å². The minimum atomic E-state index is 0.154. The molecule has 1 atom stereocenters. The number of rotatable bonds is 3. The minimum Gasteiger partial charge on any atom is -0.314 e. The van der Waals surface area contributed by atoms with Crippen LogP contribution in [-0.2, 0) is 0 Å². The summed E-state index contributed by atoms with van der Waals surface area (Å²) >= 11 is 0. The Balaban J connectivity index is 2.85. The Bertz CT molecular complexity index is 251. The average Bonchev–Trinajstić information content (AvgIpc) is 2.18. The lowest BCUT2D eigenvalue weighted by molar-refractivity contribution is 0.360. The molecule has 0 aliphatic rings. The van der Waals surface area contributed by atoms with Crippen molar-refractivity contribution in [2.75, 3.05) is 7.05 Å². The molecule has 1 heteroatoms. The number of nitrogens with one attached hydrogen (secondary N) is 1. The first-order chi connectivity index (χ1) is 6.08. The molecule has 1 aromatic carbocycles. The topological polar surface area (TPSA) is 12.0 Å². The van der Waals surface area contributed by atoms with Crippen LogP contribution in [-0.4, -0.2) is 12.6 Å². The Morgan fingerprint density at radius 2 is 1.69 bits per heavy atom. The van der Waals surface area contributed by atoms with Gasteiger partial charge in [0.1, 0.15) is 0 Å². The summed E-state index contributed by atoms with van der Waals surface area (Å²) in [6, 6.07) is 10.6. The summed E-state index contributed by atoms with van der Waals surface area (Å²) in [4.78, 5) is 0. The Hall–Kier alpha value is -0.820. The van der Waals surface area contributed by atoms with Gasteiger partial charge in [-0.15, -0.1) is 0 Å². The maximum absolute atomic E-state index is 3.34. The van der Waals surface area contributed by atoms with E-state index in [1.165, 1.54) is 5.56 Å². The number of likely N-dealkylation sites (N-methyl/N-ethyl adjacent to an activating group) is 1. The zero-order chi connectivity index (χ0) is 9.90. The van der Waals surface area contributed by atoms with E-state index in [0.29, 0.717) is 5.92 Å². The first-order valence-corrected chi connectivity index (χ1v) is 4.82. The predicted octanol–water partition coefficient (Wildman–Crippen LogP) is 2.79. The van der Waals surface area contributed by atoms with E-state index in [4.69, 9.17) is 0 Å². The van der Waals surface area contributed by atoms with E-state index in [2.05, 4.69) is 56.4 Å². The third kappa shape index (κ3) is 2.31. The highest BCUT2D eigenvalue weighted by molar-refractivity contribution is 5.22. The van der Waals surface area contributed by atoms with Crippen LogP contribution in [0.3, 0.4) is 0 Å². The monoisotopic (exact) mass is 177 g/mol. The van der Waals surface area contributed by atoms with Gasteiger partial charge in [-0.2, -0.15) is 0 Å². The molecule has 0 aromatic heterocycles. The van der Waals surface area contributed by atoms with E-state index in [0.717, 1.165) is 0 Å². The van der Waals surface area contributed by atoms with Crippen LogP contribution in [0, 0.1) is 0 Å². The van der Waals surface area contributed by atoms with E-state index in [9.17, 15) is 0 Å². The molecule has 72 valence electrons. The lowest BCUT2D eigenvalue weighted by Gasteiger charge is -2.31. The molecule has 0 radical (unpaired) electrons. The normalized spacial score (nSPS) is 14.2. The summed E-state index contributed by atoms with van der Waals surface area (Å²) < 4.78 is 0. The van der Waals surface area contributed by atoms with Gasteiger partial charge in [-0.05, 0) is 32.4 Å². The summed E-state index contributed by atoms with van der Waals surface area (Å²) in [5.41, 5.74) is 1.54. The molecule has 1 rings (SSSR count). The lowest BCUT2D eigenvalue weighted by Crippen LogP contribution is -2.41. The van der Waals surface area contributed by atoms with Crippen molar-refractivity contribution < 1.29 is 0 Å². The molecular formula is C12H19N. The molecule has 0 saturated carbocycles. The molecule has 0 heterocycles. The molecule has 0 fully saturated rings. The van der Waals surface area contributed by atoms with Crippen LogP contribution in [0.4, 0.5) is 0 Å². The van der Waals surface area contributed by atoms with Gasteiger partial charge >= 0.3 is 0 Å². The van der Waals surface area contributed by atoms with Crippen molar-refractivity contribution >= 4 is 0 Å². The summed E-state index contributed by atoms with van der Waals surface area (Å²) in [6.45, 7) is 6.71. The maximum atomic E-state index is 3.34. The number of hydrogen-bond donors (Lipinski definition) is 1. The van der Waals surface area contributed by atoms with E-state index in [-0.39, 0.29) is 5.54 Å². The third-order valence-electron chi connectivity index (χ3n) is 3.03. The van der Waals surface area contributed by atoms with Gasteiger partial charge in [-0.25, -0.2) is 0 Å². The molecule has 1 aromatic rings. The Morgan fingerprint density at radius 3 is 2.15 bits per heavy atom. The van der Waals surface area contributed by atoms with Gasteiger partial charge in [0.2, 0.25) is 0 Å². The summed E-state index contributed by atoms with van der Waals surface area (Å²) in [6.07, 6.45) is 0. The van der Waals surface area contributed by atoms with Crippen molar-refractivity contribution in [2.24, 2.45) is 0 Å². The Labute approximate surface area is 81.2 Å². The molecule has 0 amide bonds. The van der Waals surface area contributed by atoms with Crippen molar-refractivity contribution in [1.82, 2.24) is 5.32 Å². The number of benzene rings is 1. The van der Waals surface area contributed by atoms with Crippen molar-refractivity contribution in [3.8, 4) is 0 Å². The molecule has 0 saturated heterocycles. The van der Waals surface area contributed by atoms with Crippen LogP contribution in [0.15, 0.2) is 30.3 Å². The highest BCUT2D eigenvalue weighted by Crippen LogP contribution is 2.26. The number of hydrogen-bond acceptors (Lipinski definition) is 1. The molecule has 0 aliphatic heterocycles. The zero-order valence-electron chi connectivity index (χ0n) is 8.96. The van der Waals surface area contributed by atoms with E-state index < -0.39 is 0 Å². The van der Waals surface area contributed by atoms with Gasteiger partial charge in [0.05, 0.1) is 0 Å². The summed E-state index contributed by atoms with van der Waals surface area (Å²) in [7, 11) is 2.01. The van der Waals surface area contributed by atoms with Gasteiger partial charge in [-0.3, -0.25) is 0 Å². The van der Waals surface area contributed by atoms with Gasteiger partial charge in [0.25, 0.3) is 0 Å². The SMILES string of the molecule is CNC(C)(C)C(C)c1ccccc1. The van der Waals surface area contributed by atoms with Crippen molar-refractivity contribution in [3.63, 3.8) is 0 Å². The highest BCUT2D eigenvalue weighted by Gasteiger charge is 2.24. The predicted molar refractivity (Wildman–Crippen MR) is 58.0 cm³/mol. The highest BCUT2D eigenvalue weighted by atomic mass is 14.9. The molecular weight excluding hydrogens is 158 g/mol. The van der Waals surface area contributed by atoms with E-state index in [1.807, 2.05) is 7.05 Å². The fourth-order valence-corrected chi connectivity index (χ4v) is 1.37. The van der Waals surface area contributed by atoms with E-state index in [1.54, 1.807) is 0 Å². The van der Waals surface area contributed by atoms with E-state index >= 15 is 0 Å². The fourth-order valence-electron chi connectivity index (χ4n) is 1.37. The maximum Gasteiger partial charge on any atom is 0.0187 e. The lowest BCUT2D eigenvalue weighted by atomic mass is 9.84. The first kappa shape index (κ1) is 10.3. The molecule has 1 N–H and O–H groups in total. The minimum absolute atomic E-state index is 0.154. The van der Waals surface area contributed by atoms with Gasteiger partial charge in [0.15, 0.2) is 0 Å². The quantitative estimate of drug-likeness (QED) is 0.748. The molecule has 13 heavy (non-hydrogen) atoms. The standard InChI is InChI=1S/C12H19N/c1-10(12(2,3)13-4)11-8-6-5-7-9-11/h5-10,13H,1-4H3. The summed E-state index contributed by atoms with van der Waals surface area (Å²) in [5, 5.41) is 3.34. The Kier molecular flexibility index (Phi) is 3.10. The van der Waals surface area contributed by atoms with Crippen LogP contribution in [0.25, 0.3) is 0 Å². The Morgan fingerprint density at radius 1 is 1.15 bits per heavy atom. The second-order valence-corrected chi connectivity index (χ2v) is 4.10. The molecule has 0 aliphatic carbocycles. The second-order valence-electron chi connectivity index (χ2n) is 4.10. The molecule has 1 unspecified atom stereocenters. The van der Waals surface area contributed by atoms with Crippen LogP contribution in [0.1, 0.15) is 32.3 Å². The molecule has 1 nitrogen and oxygen atoms in total. The van der Waals surface area contributed by atoms with Crippen LogP contribution < -0.4 is 5.32 Å². The zero-order valence-corrected chi connectivity index (χ0v) is 8.96. The average molecular weight is 177 g/mol. The van der Waals surface area contributed by atoms with Crippen molar-refractivity contribution in [1.29, 1.82) is 0 Å².